The summed E-state index contributed by atoms with van der Waals surface area (Å²) in [4.78, 5) is 4.41. The molecule has 0 aliphatic heterocycles. The van der Waals surface area contributed by atoms with E-state index in [0.29, 0.717) is 53.1 Å². The molecule has 0 spiro atoms. The van der Waals surface area contributed by atoms with Crippen molar-refractivity contribution in [2.75, 3.05) is 68.8 Å². The van der Waals surface area contributed by atoms with Gasteiger partial charge in [0.05, 0.1) is 48.4 Å². The van der Waals surface area contributed by atoms with Crippen LogP contribution in [-0.2, 0) is 0 Å². The highest BCUT2D eigenvalue weighted by molar-refractivity contribution is 7.12. The van der Waals surface area contributed by atoms with E-state index < -0.39 is 12.5 Å². The van der Waals surface area contributed by atoms with Crippen molar-refractivity contribution in [2.45, 2.75) is 53.0 Å². The van der Waals surface area contributed by atoms with E-state index in [9.17, 15) is 5.21 Å². The predicted molar refractivity (Wildman–Crippen MR) is 212 cm³/mol. The monoisotopic (exact) mass is 771 g/mol. The van der Waals surface area contributed by atoms with Crippen molar-refractivity contribution >= 4 is 28.4 Å². The molecule has 0 fully saturated rings. The molecule has 53 heavy (non-hydrogen) atoms. The smallest absolute Gasteiger partial charge is 0.203 e. The van der Waals surface area contributed by atoms with E-state index in [2.05, 4.69) is 42.7 Å². The predicted octanol–water partition coefficient (Wildman–Crippen LogP) is 8.60. The molecule has 0 radical (unpaired) electrons. The fourth-order valence-electron chi connectivity index (χ4n) is 6.24. The van der Waals surface area contributed by atoms with E-state index in [1.54, 1.807) is 42.7 Å². The summed E-state index contributed by atoms with van der Waals surface area (Å²) in [6.45, 7) is 11.3. The van der Waals surface area contributed by atoms with Gasteiger partial charge in [-0.2, -0.15) is 0 Å². The Kier molecular flexibility index (Phi) is 15.8. The molecule has 290 valence electrons. The Bertz CT molecular complexity index is 1590. The van der Waals surface area contributed by atoms with Crippen molar-refractivity contribution in [3.8, 4) is 66.9 Å². The third-order valence-electron chi connectivity index (χ3n) is 9.10. The van der Waals surface area contributed by atoms with E-state index in [1.807, 2.05) is 47.2 Å². The second kappa shape index (κ2) is 20.2. The summed E-state index contributed by atoms with van der Waals surface area (Å²) < 4.78 is 47.2. The molecule has 14 heteroatoms. The average molecular weight is 772 g/mol. The first kappa shape index (κ1) is 41.4. The van der Waals surface area contributed by atoms with Crippen LogP contribution in [0.4, 0.5) is 0 Å². The van der Waals surface area contributed by atoms with Gasteiger partial charge in [0.15, 0.2) is 45.6 Å². The summed E-state index contributed by atoms with van der Waals surface area (Å²) in [7, 11) is 9.55. The number of oxime groups is 1. The van der Waals surface area contributed by atoms with Crippen LogP contribution >= 0.6 is 22.7 Å². The van der Waals surface area contributed by atoms with Crippen molar-refractivity contribution in [3.05, 3.63) is 47.2 Å². The normalized spacial score (nSPS) is 12.3. The number of hydrogen-bond acceptors (Lipinski definition) is 14. The lowest BCUT2D eigenvalue weighted by atomic mass is 10.1. The van der Waals surface area contributed by atoms with Crippen molar-refractivity contribution in [1.29, 1.82) is 0 Å². The number of nitrogens with zero attached hydrogens (tertiary/aromatic N) is 3. The van der Waals surface area contributed by atoms with Crippen LogP contribution in [0.5, 0.6) is 44.6 Å². The van der Waals surface area contributed by atoms with E-state index in [1.165, 1.54) is 22.7 Å². The van der Waals surface area contributed by atoms with Gasteiger partial charge in [-0.3, -0.25) is 9.80 Å². The number of methoxy groups -OCH3 is 6. The molecule has 0 amide bonds. The minimum Gasteiger partial charge on any atom is -0.493 e. The number of benzene rings is 2. The highest BCUT2D eigenvalue weighted by Gasteiger charge is 2.29. The van der Waals surface area contributed by atoms with Gasteiger partial charge in [0.1, 0.15) is 0 Å². The van der Waals surface area contributed by atoms with Gasteiger partial charge in [-0.05, 0) is 84.5 Å². The van der Waals surface area contributed by atoms with E-state index in [4.69, 9.17) is 37.9 Å². The number of ether oxygens (including phenoxy) is 8. The molecule has 0 bridgehead atoms. The third kappa shape index (κ3) is 9.60. The number of hydrogen-bond donors (Lipinski definition) is 1. The van der Waals surface area contributed by atoms with Gasteiger partial charge in [-0.15, -0.1) is 22.7 Å². The first-order valence-corrected chi connectivity index (χ1v) is 19.3. The lowest BCUT2D eigenvalue weighted by Gasteiger charge is -2.33. The molecule has 2 heterocycles. The molecule has 2 atom stereocenters. The zero-order valence-electron chi connectivity index (χ0n) is 32.4. The van der Waals surface area contributed by atoms with Gasteiger partial charge in [-0.25, -0.2) is 0 Å². The Morgan fingerprint density at radius 1 is 0.585 bits per heavy atom. The summed E-state index contributed by atoms with van der Waals surface area (Å²) in [5.74, 6) is 3.24. The quantitative estimate of drug-likeness (QED) is 0.0359. The van der Waals surface area contributed by atoms with Gasteiger partial charge >= 0.3 is 0 Å². The lowest BCUT2D eigenvalue weighted by molar-refractivity contribution is 0.0315. The van der Waals surface area contributed by atoms with Crippen LogP contribution in [0.1, 0.15) is 40.5 Å². The maximum Gasteiger partial charge on any atom is 0.203 e. The SMILES string of the molecule is CCN(CC)C(CC(CC(Oc1sccc1-c1cc(OC)c(OC)c(OC)c1)N(CC)CC)=NO)Oc1sccc1-c1cc(OC)c(OC)c(OC)c1. The van der Waals surface area contributed by atoms with Gasteiger partial charge in [0.2, 0.25) is 11.5 Å². The van der Waals surface area contributed by atoms with Gasteiger partial charge in [-0.1, -0.05) is 32.9 Å². The fourth-order valence-corrected chi connectivity index (χ4v) is 7.86. The maximum atomic E-state index is 10.5. The fraction of sp³-hybridized carbons (Fsp3) is 0.462. The summed E-state index contributed by atoms with van der Waals surface area (Å²) >= 11 is 2.99. The minimum atomic E-state index is -0.427. The third-order valence-corrected chi connectivity index (χ3v) is 10.7. The molecule has 0 saturated heterocycles. The molecule has 4 aromatic rings. The van der Waals surface area contributed by atoms with Crippen molar-refractivity contribution in [1.82, 2.24) is 9.80 Å². The van der Waals surface area contributed by atoms with E-state index in [0.717, 1.165) is 58.6 Å². The van der Waals surface area contributed by atoms with Crippen LogP contribution in [0.25, 0.3) is 22.3 Å². The van der Waals surface area contributed by atoms with Gasteiger partial charge in [0, 0.05) is 24.0 Å². The molecule has 0 saturated carbocycles. The highest BCUT2D eigenvalue weighted by atomic mass is 32.1. The van der Waals surface area contributed by atoms with Crippen LogP contribution < -0.4 is 37.9 Å². The molecular weight excluding hydrogens is 719 g/mol. The van der Waals surface area contributed by atoms with E-state index in [-0.39, 0.29) is 0 Å². The Labute approximate surface area is 321 Å². The molecule has 1 N–H and O–H groups in total. The number of rotatable bonds is 22. The molecular formula is C39H53N3O9S2. The molecule has 2 aromatic heterocycles. The zero-order valence-corrected chi connectivity index (χ0v) is 34.0. The molecule has 2 aromatic carbocycles. The zero-order chi connectivity index (χ0) is 38.5. The Balaban J connectivity index is 1.64. The summed E-state index contributed by atoms with van der Waals surface area (Å²) in [6.07, 6.45) is -0.167. The highest BCUT2D eigenvalue weighted by Crippen LogP contribution is 2.46. The van der Waals surface area contributed by atoms with Crippen LogP contribution in [0, 0.1) is 0 Å². The lowest BCUT2D eigenvalue weighted by Crippen LogP contribution is -2.44. The molecule has 12 nitrogen and oxygen atoms in total. The standard InChI is InChI=1S/C39H53N3O9S2/c1-11-41(12-2)34(50-38-28(15-17-52-38)25-19-30(44-5)36(48-9)31(20-25)45-6)23-27(40-43)24-35(42(13-3)14-4)51-39-29(16-18-53-39)26-21-32(46-7)37(49-10)33(22-26)47-8/h15-22,34-35,43H,11-14,23-24H2,1-10H3. The summed E-state index contributed by atoms with van der Waals surface area (Å²) in [5.41, 5.74) is 4.04. The van der Waals surface area contributed by atoms with Gasteiger partial charge in [0.25, 0.3) is 0 Å². The van der Waals surface area contributed by atoms with Crippen LogP contribution in [0.3, 0.4) is 0 Å². The minimum absolute atomic E-state index is 0.343. The summed E-state index contributed by atoms with van der Waals surface area (Å²) in [5, 5.41) is 19.7. The topological polar surface area (TPSA) is 113 Å². The van der Waals surface area contributed by atoms with Crippen molar-refractivity contribution < 1.29 is 43.1 Å². The second-order valence-corrected chi connectivity index (χ2v) is 13.5. The molecule has 0 aliphatic rings. The Morgan fingerprint density at radius 2 is 0.925 bits per heavy atom. The Hall–Kier alpha value is -4.37. The number of thiophene rings is 2. The van der Waals surface area contributed by atoms with Crippen molar-refractivity contribution in [3.63, 3.8) is 0 Å². The first-order valence-electron chi connectivity index (χ1n) is 17.5. The summed E-state index contributed by atoms with van der Waals surface area (Å²) in [6, 6.07) is 11.7. The van der Waals surface area contributed by atoms with Crippen LogP contribution in [0.15, 0.2) is 52.3 Å². The van der Waals surface area contributed by atoms with E-state index >= 15 is 0 Å². The molecule has 0 aliphatic carbocycles. The van der Waals surface area contributed by atoms with Crippen molar-refractivity contribution in [2.24, 2.45) is 5.16 Å². The van der Waals surface area contributed by atoms with Crippen LogP contribution in [-0.4, -0.2) is 102 Å². The van der Waals surface area contributed by atoms with Gasteiger partial charge < -0.3 is 43.1 Å². The first-order chi connectivity index (χ1) is 25.8. The van der Waals surface area contributed by atoms with Crippen LogP contribution in [0.2, 0.25) is 0 Å². The Morgan fingerprint density at radius 3 is 1.19 bits per heavy atom. The average Bonchev–Trinajstić information content (AvgIpc) is 3.86. The maximum absolute atomic E-state index is 10.5. The second-order valence-electron chi connectivity index (χ2n) is 11.7. The molecule has 4 rings (SSSR count). The molecule has 2 unspecified atom stereocenters. The largest absolute Gasteiger partial charge is 0.493 e.